The second-order valence-electron chi connectivity index (χ2n) is 10.8. The molecule has 0 aliphatic heterocycles. The van der Waals surface area contributed by atoms with E-state index in [9.17, 15) is 0 Å². The fraction of sp³-hybridized carbons (Fsp3) is 0.167. The summed E-state index contributed by atoms with van der Waals surface area (Å²) in [7, 11) is -0.694. The SMILES string of the molecule is C[C@@H]([C]1[CH][CH][CH][C]1P(c1ccccc1)c1ccccc1)n1nnc(-c2ccccc2)c1SC(C)(C)C.[CH]1[CH][CH][CH][CH]1.[Fe+2]. The first-order valence-electron chi connectivity index (χ1n) is 13.9. The molecule has 0 N–H and O–H groups in total. The maximum absolute atomic E-state index is 4.73. The third-order valence-corrected chi connectivity index (χ3v) is 10.3. The summed E-state index contributed by atoms with van der Waals surface area (Å²) in [4.78, 5) is 0. The van der Waals surface area contributed by atoms with Crippen molar-refractivity contribution >= 4 is 30.3 Å². The first kappa shape index (κ1) is 33.0. The van der Waals surface area contributed by atoms with Crippen LogP contribution in [0.5, 0.6) is 0 Å². The van der Waals surface area contributed by atoms with Crippen LogP contribution in [-0.4, -0.2) is 19.7 Å². The van der Waals surface area contributed by atoms with Crippen LogP contribution in [0.2, 0.25) is 0 Å². The van der Waals surface area contributed by atoms with Gasteiger partial charge in [-0.3, -0.25) is 0 Å². The summed E-state index contributed by atoms with van der Waals surface area (Å²) >= 11 is 1.83. The van der Waals surface area contributed by atoms with E-state index in [1.807, 2.05) is 49.9 Å². The van der Waals surface area contributed by atoms with Gasteiger partial charge in [0, 0.05) is 21.9 Å². The van der Waals surface area contributed by atoms with E-state index in [1.165, 1.54) is 22.2 Å². The molecular weight excluding hydrogens is 593 g/mol. The van der Waals surface area contributed by atoms with Gasteiger partial charge in [-0.15, -0.1) is 5.10 Å². The van der Waals surface area contributed by atoms with Crippen LogP contribution in [0, 0.1) is 62.9 Å². The number of benzene rings is 3. The fourth-order valence-corrected chi connectivity index (χ4v) is 8.39. The zero-order chi connectivity index (χ0) is 28.7. The summed E-state index contributed by atoms with van der Waals surface area (Å²) in [5.74, 6) is 1.30. The van der Waals surface area contributed by atoms with E-state index in [-0.39, 0.29) is 27.9 Å². The van der Waals surface area contributed by atoms with Crippen molar-refractivity contribution < 1.29 is 17.1 Å². The van der Waals surface area contributed by atoms with E-state index in [0.29, 0.717) is 0 Å². The molecule has 6 rings (SSSR count). The van der Waals surface area contributed by atoms with Crippen molar-refractivity contribution in [2.75, 3.05) is 0 Å². The standard InChI is InChI=1S/C31H31N3PS.C5H5.Fe/c1-23(34-30(36-31(2,3)4)29(32-33-34)24-15-8-5-9-16-24)27-21-14-22-28(27)35(25-17-10-6-11-18-25)26-19-12-7-13-20-26;1-2-4-5-3-1;/h5-23H,1-4H3;1-5H;/q;;+2/t23-;;/m0../s1. The minimum Gasteiger partial charge on any atom is -0.235 e. The van der Waals surface area contributed by atoms with Crippen LogP contribution in [0.25, 0.3) is 11.3 Å². The number of nitrogens with zero attached hydrogens (tertiary/aromatic N) is 3. The number of rotatable bonds is 7. The molecule has 0 bridgehead atoms. The second kappa shape index (κ2) is 15.7. The van der Waals surface area contributed by atoms with Gasteiger partial charge in [-0.1, -0.05) is 129 Å². The minimum atomic E-state index is -0.694. The molecule has 3 aromatic carbocycles. The molecule has 3 nitrogen and oxygen atoms in total. The number of thioether (sulfide) groups is 1. The van der Waals surface area contributed by atoms with Gasteiger partial charge in [0.15, 0.2) is 0 Å². The Kier molecular flexibility index (Phi) is 12.3. The van der Waals surface area contributed by atoms with E-state index < -0.39 is 7.92 Å². The number of hydrogen-bond acceptors (Lipinski definition) is 3. The van der Waals surface area contributed by atoms with E-state index >= 15 is 0 Å². The maximum atomic E-state index is 4.73. The number of aromatic nitrogens is 3. The summed E-state index contributed by atoms with van der Waals surface area (Å²) in [5.41, 5.74) is 3.42. The molecule has 10 radical (unpaired) electrons. The van der Waals surface area contributed by atoms with Crippen LogP contribution in [0.3, 0.4) is 0 Å². The Morgan fingerprint density at radius 1 is 0.690 bits per heavy atom. The van der Waals surface area contributed by atoms with Crippen molar-refractivity contribution in [1.29, 1.82) is 0 Å². The van der Waals surface area contributed by atoms with Crippen molar-refractivity contribution in [3.8, 4) is 11.3 Å². The molecule has 0 spiro atoms. The Labute approximate surface area is 269 Å². The quantitative estimate of drug-likeness (QED) is 0.117. The average Bonchev–Trinajstić information content (AvgIpc) is 3.78. The molecule has 0 amide bonds. The molecule has 0 saturated heterocycles. The molecule has 1 atom stereocenters. The fourth-order valence-electron chi connectivity index (χ4n) is 4.72. The van der Waals surface area contributed by atoms with Crippen LogP contribution in [0.15, 0.2) is 96.0 Å². The molecule has 2 fully saturated rings. The molecule has 42 heavy (non-hydrogen) atoms. The summed E-state index contributed by atoms with van der Waals surface area (Å²) in [6, 6.07) is 32.2. The van der Waals surface area contributed by atoms with E-state index in [4.69, 9.17) is 5.21 Å². The predicted octanol–water partition coefficient (Wildman–Crippen LogP) is 8.28. The summed E-state index contributed by atoms with van der Waals surface area (Å²) in [5, 5.41) is 13.2. The predicted molar refractivity (Wildman–Crippen MR) is 176 cm³/mol. The van der Waals surface area contributed by atoms with Gasteiger partial charge in [0.2, 0.25) is 0 Å². The molecule has 2 aliphatic carbocycles. The van der Waals surface area contributed by atoms with Crippen LogP contribution < -0.4 is 10.6 Å². The van der Waals surface area contributed by atoms with Gasteiger partial charge in [0.05, 0.1) is 6.04 Å². The summed E-state index contributed by atoms with van der Waals surface area (Å²) < 4.78 is 2.15. The van der Waals surface area contributed by atoms with Crippen molar-refractivity contribution in [2.24, 2.45) is 0 Å². The van der Waals surface area contributed by atoms with E-state index in [1.54, 1.807) is 0 Å². The van der Waals surface area contributed by atoms with Gasteiger partial charge in [0.1, 0.15) is 10.7 Å². The monoisotopic (exact) mass is 629 g/mol. The zero-order valence-electron chi connectivity index (χ0n) is 24.4. The third-order valence-electron chi connectivity index (χ3n) is 6.57. The van der Waals surface area contributed by atoms with E-state index in [2.05, 4.69) is 142 Å². The number of hydrogen-bond donors (Lipinski definition) is 0. The molecule has 6 heteroatoms. The minimum absolute atomic E-state index is 0. The second-order valence-corrected chi connectivity index (χ2v) is 14.8. The van der Waals surface area contributed by atoms with Crippen LogP contribution in [0.4, 0.5) is 0 Å². The maximum Gasteiger partial charge on any atom is 2.00 e. The Bertz CT molecular complexity index is 1290. The van der Waals surface area contributed by atoms with Gasteiger partial charge in [-0.05, 0) is 76.8 Å². The molecule has 1 heterocycles. The Balaban J connectivity index is 0.000000612. The van der Waals surface area contributed by atoms with Gasteiger partial charge in [-0.2, -0.15) is 0 Å². The van der Waals surface area contributed by atoms with Gasteiger partial charge >= 0.3 is 17.1 Å². The molecule has 2 saturated carbocycles. The first-order chi connectivity index (χ1) is 19.9. The smallest absolute Gasteiger partial charge is 0.235 e. The van der Waals surface area contributed by atoms with Gasteiger partial charge in [0.25, 0.3) is 0 Å². The summed E-state index contributed by atoms with van der Waals surface area (Å²) in [6.07, 6.45) is 16.7. The topological polar surface area (TPSA) is 30.7 Å². The van der Waals surface area contributed by atoms with Crippen molar-refractivity contribution in [3.05, 3.63) is 154 Å². The van der Waals surface area contributed by atoms with Crippen molar-refractivity contribution in [1.82, 2.24) is 15.0 Å². The molecule has 2 aliphatic rings. The van der Waals surface area contributed by atoms with Crippen LogP contribution in [-0.2, 0) is 17.1 Å². The summed E-state index contributed by atoms with van der Waals surface area (Å²) in [6.45, 7) is 8.98. The zero-order valence-corrected chi connectivity index (χ0v) is 27.2. The Morgan fingerprint density at radius 2 is 1.19 bits per heavy atom. The Hall–Kier alpha value is -1.90. The molecule has 0 unspecified atom stereocenters. The van der Waals surface area contributed by atoms with Crippen LogP contribution in [0.1, 0.15) is 33.7 Å². The molecule has 212 valence electrons. The first-order valence-corrected chi connectivity index (χ1v) is 16.1. The van der Waals surface area contributed by atoms with E-state index in [0.717, 1.165) is 16.3 Å². The van der Waals surface area contributed by atoms with Crippen molar-refractivity contribution in [3.63, 3.8) is 0 Å². The van der Waals surface area contributed by atoms with Gasteiger partial charge < -0.3 is 0 Å². The molecule has 1 aromatic heterocycles. The molecule has 4 aromatic rings. The van der Waals surface area contributed by atoms with Crippen molar-refractivity contribution in [2.45, 2.75) is 43.5 Å². The van der Waals surface area contributed by atoms with Crippen LogP contribution >= 0.6 is 19.7 Å². The normalized spacial score (nSPS) is 16.6. The van der Waals surface area contributed by atoms with Gasteiger partial charge in [-0.25, -0.2) is 4.68 Å². The molecular formula is C36H36FeN3PS+2. The largest absolute Gasteiger partial charge is 2.00 e. The average molecular weight is 630 g/mol. The Morgan fingerprint density at radius 3 is 1.69 bits per heavy atom. The third kappa shape index (κ3) is 8.38.